The lowest BCUT2D eigenvalue weighted by Gasteiger charge is -2.13. The Morgan fingerprint density at radius 3 is 2.69 bits per heavy atom. The molecule has 0 aliphatic heterocycles. The largest absolute Gasteiger partial charge is 0.481 e. The highest BCUT2D eigenvalue weighted by molar-refractivity contribution is 6.17. The van der Waals surface area contributed by atoms with Gasteiger partial charge in [0.25, 0.3) is 6.43 Å². The van der Waals surface area contributed by atoms with Gasteiger partial charge in [-0.25, -0.2) is 8.78 Å². The Morgan fingerprint density at radius 1 is 1.62 bits per heavy atom. The zero-order chi connectivity index (χ0) is 12.3. The Kier molecular flexibility index (Phi) is 4.18. The van der Waals surface area contributed by atoms with E-state index < -0.39 is 18.8 Å². The Morgan fingerprint density at radius 2 is 2.25 bits per heavy atom. The first kappa shape index (κ1) is 12.8. The van der Waals surface area contributed by atoms with Crippen molar-refractivity contribution < 1.29 is 18.7 Å². The summed E-state index contributed by atoms with van der Waals surface area (Å²) in [7, 11) is 0. The minimum atomic E-state index is -2.72. The number of halogens is 3. The predicted octanol–water partition coefficient (Wildman–Crippen LogP) is 2.69. The van der Waals surface area contributed by atoms with Crippen LogP contribution in [0.1, 0.15) is 28.8 Å². The minimum Gasteiger partial charge on any atom is -0.481 e. The molecule has 6 heteroatoms. The van der Waals surface area contributed by atoms with Crippen LogP contribution in [0.25, 0.3) is 0 Å². The van der Waals surface area contributed by atoms with E-state index in [1.165, 1.54) is 13.1 Å². The molecule has 0 saturated carbocycles. The SMILES string of the molecule is Cc1cnc(CCl)c(CC(=O)O)c1C(F)F. The van der Waals surface area contributed by atoms with Gasteiger partial charge in [0.1, 0.15) is 0 Å². The molecule has 1 aromatic heterocycles. The van der Waals surface area contributed by atoms with Gasteiger partial charge in [-0.05, 0) is 18.1 Å². The number of alkyl halides is 3. The summed E-state index contributed by atoms with van der Waals surface area (Å²) in [6.45, 7) is 1.47. The van der Waals surface area contributed by atoms with E-state index in [9.17, 15) is 13.6 Å². The number of aryl methyl sites for hydroxylation is 1. The number of hydrogen-bond acceptors (Lipinski definition) is 2. The molecule has 0 aromatic carbocycles. The molecule has 0 aliphatic carbocycles. The summed E-state index contributed by atoms with van der Waals surface area (Å²) >= 11 is 5.54. The van der Waals surface area contributed by atoms with E-state index in [4.69, 9.17) is 16.7 Å². The number of nitrogens with zero attached hydrogens (tertiary/aromatic N) is 1. The zero-order valence-electron chi connectivity index (χ0n) is 8.51. The Balaban J connectivity index is 3.36. The number of aromatic nitrogens is 1. The summed E-state index contributed by atoms with van der Waals surface area (Å²) in [5, 5.41) is 8.67. The molecule has 1 aromatic rings. The third kappa shape index (κ3) is 2.66. The van der Waals surface area contributed by atoms with Crippen molar-refractivity contribution in [3.05, 3.63) is 28.6 Å². The molecule has 16 heavy (non-hydrogen) atoms. The highest BCUT2D eigenvalue weighted by Crippen LogP contribution is 2.28. The zero-order valence-corrected chi connectivity index (χ0v) is 9.26. The summed E-state index contributed by atoms with van der Waals surface area (Å²) in [6, 6.07) is 0. The topological polar surface area (TPSA) is 50.2 Å². The second-order valence-corrected chi connectivity index (χ2v) is 3.55. The van der Waals surface area contributed by atoms with Gasteiger partial charge in [-0.3, -0.25) is 9.78 Å². The molecule has 0 saturated heterocycles. The maximum atomic E-state index is 12.8. The molecule has 0 unspecified atom stereocenters. The summed E-state index contributed by atoms with van der Waals surface area (Å²) in [6.07, 6.45) is -1.93. The van der Waals surface area contributed by atoms with Crippen LogP contribution in [-0.4, -0.2) is 16.1 Å². The molecule has 1 heterocycles. The van der Waals surface area contributed by atoms with Crippen molar-refractivity contribution in [1.82, 2.24) is 4.98 Å². The van der Waals surface area contributed by atoms with Crippen LogP contribution in [0.4, 0.5) is 8.78 Å². The standard InChI is InChI=1S/C10H10ClF2NO2/c1-5-4-14-7(3-11)6(2-8(15)16)9(5)10(12)13/h4,10H,2-3H2,1H3,(H,15,16). The van der Waals surface area contributed by atoms with Crippen LogP contribution in [0.5, 0.6) is 0 Å². The van der Waals surface area contributed by atoms with Crippen molar-refractivity contribution in [2.75, 3.05) is 0 Å². The maximum absolute atomic E-state index is 12.8. The van der Waals surface area contributed by atoms with Gasteiger partial charge in [0.15, 0.2) is 0 Å². The van der Waals surface area contributed by atoms with Crippen LogP contribution < -0.4 is 0 Å². The number of carbonyl (C=O) groups is 1. The van der Waals surface area contributed by atoms with Crippen molar-refractivity contribution in [2.45, 2.75) is 25.7 Å². The molecule has 1 rings (SSSR count). The van der Waals surface area contributed by atoms with E-state index >= 15 is 0 Å². The van der Waals surface area contributed by atoms with Crippen molar-refractivity contribution in [1.29, 1.82) is 0 Å². The number of aliphatic carboxylic acids is 1. The molecular weight excluding hydrogens is 240 g/mol. The second-order valence-electron chi connectivity index (χ2n) is 3.28. The van der Waals surface area contributed by atoms with Crippen molar-refractivity contribution in [3.63, 3.8) is 0 Å². The van der Waals surface area contributed by atoms with Gasteiger partial charge in [0.2, 0.25) is 0 Å². The average molecular weight is 250 g/mol. The highest BCUT2D eigenvalue weighted by Gasteiger charge is 2.21. The lowest BCUT2D eigenvalue weighted by Crippen LogP contribution is -2.10. The Bertz CT molecular complexity index is 410. The van der Waals surface area contributed by atoms with E-state index in [0.29, 0.717) is 0 Å². The van der Waals surface area contributed by atoms with Crippen LogP contribution in [0.3, 0.4) is 0 Å². The first-order valence-electron chi connectivity index (χ1n) is 4.50. The predicted molar refractivity (Wildman–Crippen MR) is 54.8 cm³/mol. The van der Waals surface area contributed by atoms with Crippen LogP contribution in [0.15, 0.2) is 6.20 Å². The monoisotopic (exact) mass is 249 g/mol. The van der Waals surface area contributed by atoms with E-state index in [0.717, 1.165) is 0 Å². The number of carboxylic acid groups (broad SMARTS) is 1. The fourth-order valence-corrected chi connectivity index (χ4v) is 1.71. The third-order valence-electron chi connectivity index (χ3n) is 2.19. The maximum Gasteiger partial charge on any atom is 0.307 e. The number of rotatable bonds is 4. The van der Waals surface area contributed by atoms with Crippen LogP contribution in [0, 0.1) is 6.92 Å². The lowest BCUT2D eigenvalue weighted by molar-refractivity contribution is -0.136. The molecule has 0 bridgehead atoms. The Labute approximate surface area is 96.1 Å². The molecule has 0 atom stereocenters. The summed E-state index contributed by atoms with van der Waals surface area (Å²) in [4.78, 5) is 14.5. The normalized spacial score (nSPS) is 10.8. The summed E-state index contributed by atoms with van der Waals surface area (Å²) < 4.78 is 25.6. The molecule has 0 amide bonds. The highest BCUT2D eigenvalue weighted by atomic mass is 35.5. The minimum absolute atomic E-state index is 0.0255. The van der Waals surface area contributed by atoms with Gasteiger partial charge in [-0.1, -0.05) is 0 Å². The molecule has 3 nitrogen and oxygen atoms in total. The Hall–Kier alpha value is -1.23. The fraction of sp³-hybridized carbons (Fsp3) is 0.400. The first-order chi connectivity index (χ1) is 7.47. The van der Waals surface area contributed by atoms with Gasteiger partial charge in [-0.2, -0.15) is 0 Å². The van der Waals surface area contributed by atoms with Crippen molar-refractivity contribution >= 4 is 17.6 Å². The quantitative estimate of drug-likeness (QED) is 0.835. The first-order valence-corrected chi connectivity index (χ1v) is 5.04. The van der Waals surface area contributed by atoms with E-state index in [1.54, 1.807) is 0 Å². The number of carboxylic acids is 1. The van der Waals surface area contributed by atoms with Gasteiger partial charge < -0.3 is 5.11 Å². The van der Waals surface area contributed by atoms with Gasteiger partial charge in [0.05, 0.1) is 18.0 Å². The third-order valence-corrected chi connectivity index (χ3v) is 2.44. The molecule has 0 aliphatic rings. The lowest BCUT2D eigenvalue weighted by atomic mass is 10.00. The number of hydrogen-bond donors (Lipinski definition) is 1. The van der Waals surface area contributed by atoms with Gasteiger partial charge in [-0.15, -0.1) is 11.6 Å². The molecule has 0 radical (unpaired) electrons. The van der Waals surface area contributed by atoms with E-state index in [1.807, 2.05) is 0 Å². The second kappa shape index (κ2) is 5.21. The van der Waals surface area contributed by atoms with E-state index in [2.05, 4.69) is 4.98 Å². The molecule has 88 valence electrons. The van der Waals surface area contributed by atoms with Crippen molar-refractivity contribution in [2.24, 2.45) is 0 Å². The molecule has 1 N–H and O–H groups in total. The molecule has 0 fully saturated rings. The van der Waals surface area contributed by atoms with Crippen LogP contribution in [0.2, 0.25) is 0 Å². The van der Waals surface area contributed by atoms with E-state index in [-0.39, 0.29) is 28.3 Å². The van der Waals surface area contributed by atoms with Crippen molar-refractivity contribution in [3.8, 4) is 0 Å². The molecular formula is C10H10ClF2NO2. The van der Waals surface area contributed by atoms with Gasteiger partial charge in [0, 0.05) is 11.8 Å². The smallest absolute Gasteiger partial charge is 0.307 e. The van der Waals surface area contributed by atoms with Gasteiger partial charge >= 0.3 is 5.97 Å². The summed E-state index contributed by atoms with van der Waals surface area (Å²) in [5.41, 5.74) is 0.232. The summed E-state index contributed by atoms with van der Waals surface area (Å²) in [5.74, 6) is -1.26. The average Bonchev–Trinajstić information content (AvgIpc) is 2.16. The fourth-order valence-electron chi connectivity index (χ4n) is 1.48. The van der Waals surface area contributed by atoms with Crippen LogP contribution in [-0.2, 0) is 17.1 Å². The molecule has 0 spiro atoms. The number of pyridine rings is 1. The van der Waals surface area contributed by atoms with Crippen LogP contribution >= 0.6 is 11.6 Å².